The molecule has 0 saturated heterocycles. The fourth-order valence-electron chi connectivity index (χ4n) is 1.56. The van der Waals surface area contributed by atoms with Crippen molar-refractivity contribution in [2.45, 2.75) is 6.42 Å². The Kier molecular flexibility index (Phi) is 4.38. The molecule has 0 atom stereocenters. The molecule has 0 spiro atoms. The second-order valence-electron chi connectivity index (χ2n) is 3.86. The lowest BCUT2D eigenvalue weighted by atomic mass is 10.3. The van der Waals surface area contributed by atoms with Crippen LogP contribution in [0.5, 0.6) is 0 Å². The SMILES string of the molecule is Nc1ccc2oc(NCCCOCCO)nc2c1. The Bertz CT molecular complexity index is 498. The summed E-state index contributed by atoms with van der Waals surface area (Å²) in [6, 6.07) is 5.83. The molecule has 6 heteroatoms. The number of nitrogens with zero attached hydrogens (tertiary/aromatic N) is 1. The lowest BCUT2D eigenvalue weighted by Gasteiger charge is -2.02. The van der Waals surface area contributed by atoms with Crippen molar-refractivity contribution in [1.82, 2.24) is 4.98 Å². The van der Waals surface area contributed by atoms with E-state index in [1.807, 2.05) is 0 Å². The third kappa shape index (κ3) is 3.35. The summed E-state index contributed by atoms with van der Waals surface area (Å²) in [6.07, 6.45) is 0.820. The molecule has 0 radical (unpaired) electrons. The lowest BCUT2D eigenvalue weighted by molar-refractivity contribution is 0.0921. The number of nitrogens with two attached hydrogens (primary N) is 1. The molecule has 0 saturated carbocycles. The summed E-state index contributed by atoms with van der Waals surface area (Å²) in [5, 5.41) is 11.6. The van der Waals surface area contributed by atoms with E-state index in [0.717, 1.165) is 11.9 Å². The second-order valence-corrected chi connectivity index (χ2v) is 3.86. The summed E-state index contributed by atoms with van der Waals surface area (Å²) in [4.78, 5) is 4.27. The van der Waals surface area contributed by atoms with Gasteiger partial charge in [-0.3, -0.25) is 0 Å². The van der Waals surface area contributed by atoms with Crippen molar-refractivity contribution in [3.05, 3.63) is 18.2 Å². The van der Waals surface area contributed by atoms with Crippen LogP contribution in [0.1, 0.15) is 6.42 Å². The van der Waals surface area contributed by atoms with Gasteiger partial charge in [0.15, 0.2) is 5.58 Å². The Morgan fingerprint density at radius 3 is 3.11 bits per heavy atom. The fourth-order valence-corrected chi connectivity index (χ4v) is 1.56. The number of fused-ring (bicyclic) bond motifs is 1. The quantitative estimate of drug-likeness (QED) is 0.506. The van der Waals surface area contributed by atoms with Crippen LogP contribution in [0.3, 0.4) is 0 Å². The molecule has 98 valence electrons. The Hall–Kier alpha value is -1.79. The summed E-state index contributed by atoms with van der Waals surface area (Å²) >= 11 is 0. The van der Waals surface area contributed by atoms with Crippen molar-refractivity contribution >= 4 is 22.8 Å². The van der Waals surface area contributed by atoms with Crippen LogP contribution in [-0.4, -0.2) is 36.5 Å². The Balaban J connectivity index is 1.81. The van der Waals surface area contributed by atoms with Crippen LogP contribution in [-0.2, 0) is 4.74 Å². The van der Waals surface area contributed by atoms with E-state index in [-0.39, 0.29) is 6.61 Å². The Morgan fingerprint density at radius 2 is 2.28 bits per heavy atom. The van der Waals surface area contributed by atoms with Crippen molar-refractivity contribution in [3.63, 3.8) is 0 Å². The van der Waals surface area contributed by atoms with Crippen molar-refractivity contribution < 1.29 is 14.3 Å². The number of aromatic nitrogens is 1. The van der Waals surface area contributed by atoms with E-state index >= 15 is 0 Å². The van der Waals surface area contributed by atoms with Crippen LogP contribution >= 0.6 is 0 Å². The summed E-state index contributed by atoms with van der Waals surface area (Å²) in [7, 11) is 0. The lowest BCUT2D eigenvalue weighted by Crippen LogP contribution is -2.07. The van der Waals surface area contributed by atoms with Gasteiger partial charge in [-0.05, 0) is 24.6 Å². The highest BCUT2D eigenvalue weighted by Gasteiger charge is 2.04. The molecule has 18 heavy (non-hydrogen) atoms. The maximum absolute atomic E-state index is 8.53. The van der Waals surface area contributed by atoms with Gasteiger partial charge in [0.25, 0.3) is 6.01 Å². The summed E-state index contributed by atoms with van der Waals surface area (Å²) in [6.45, 7) is 1.73. The molecule has 2 aromatic rings. The molecule has 1 heterocycles. The normalized spacial score (nSPS) is 10.9. The number of benzene rings is 1. The van der Waals surface area contributed by atoms with E-state index in [4.69, 9.17) is 20.0 Å². The maximum Gasteiger partial charge on any atom is 0.295 e. The van der Waals surface area contributed by atoms with E-state index in [9.17, 15) is 0 Å². The minimum absolute atomic E-state index is 0.0555. The van der Waals surface area contributed by atoms with Gasteiger partial charge < -0.3 is 25.3 Å². The van der Waals surface area contributed by atoms with Crippen LogP contribution < -0.4 is 11.1 Å². The van der Waals surface area contributed by atoms with Gasteiger partial charge in [-0.15, -0.1) is 0 Å². The molecule has 2 rings (SSSR count). The molecule has 0 unspecified atom stereocenters. The zero-order chi connectivity index (χ0) is 12.8. The third-order valence-electron chi connectivity index (χ3n) is 2.39. The second kappa shape index (κ2) is 6.23. The highest BCUT2D eigenvalue weighted by molar-refractivity contribution is 5.78. The molecular weight excluding hydrogens is 234 g/mol. The van der Waals surface area contributed by atoms with Crippen molar-refractivity contribution in [3.8, 4) is 0 Å². The first-order valence-electron chi connectivity index (χ1n) is 5.88. The van der Waals surface area contributed by atoms with Crippen molar-refractivity contribution in [1.29, 1.82) is 0 Å². The van der Waals surface area contributed by atoms with Crippen molar-refractivity contribution in [2.75, 3.05) is 37.4 Å². The monoisotopic (exact) mass is 251 g/mol. The molecule has 0 aliphatic rings. The van der Waals surface area contributed by atoms with Gasteiger partial charge in [0.05, 0.1) is 13.2 Å². The number of rotatable bonds is 7. The minimum atomic E-state index is 0.0555. The van der Waals surface area contributed by atoms with Gasteiger partial charge in [0, 0.05) is 18.8 Å². The number of aliphatic hydroxyl groups is 1. The molecule has 6 nitrogen and oxygen atoms in total. The van der Waals surface area contributed by atoms with E-state index in [1.165, 1.54) is 0 Å². The van der Waals surface area contributed by atoms with Gasteiger partial charge >= 0.3 is 0 Å². The maximum atomic E-state index is 8.53. The summed E-state index contributed by atoms with van der Waals surface area (Å²) in [5.41, 5.74) is 7.78. The molecule has 4 N–H and O–H groups in total. The number of hydrogen-bond acceptors (Lipinski definition) is 6. The first-order chi connectivity index (χ1) is 8.79. The number of nitrogen functional groups attached to an aromatic ring is 1. The molecule has 0 fully saturated rings. The smallest absolute Gasteiger partial charge is 0.295 e. The number of oxazole rings is 1. The Labute approximate surface area is 105 Å². The number of hydrogen-bond donors (Lipinski definition) is 3. The molecule has 0 amide bonds. The zero-order valence-electron chi connectivity index (χ0n) is 10.1. The number of nitrogens with one attached hydrogen (secondary N) is 1. The van der Waals surface area contributed by atoms with Crippen LogP contribution in [0.25, 0.3) is 11.1 Å². The number of anilines is 2. The third-order valence-corrected chi connectivity index (χ3v) is 2.39. The van der Waals surface area contributed by atoms with Gasteiger partial charge in [0.1, 0.15) is 5.52 Å². The largest absolute Gasteiger partial charge is 0.424 e. The van der Waals surface area contributed by atoms with Crippen LogP contribution in [0.2, 0.25) is 0 Å². The molecule has 0 aliphatic heterocycles. The average Bonchev–Trinajstić information content (AvgIpc) is 2.75. The molecule has 0 aliphatic carbocycles. The zero-order valence-corrected chi connectivity index (χ0v) is 10.1. The Morgan fingerprint density at radius 1 is 1.39 bits per heavy atom. The summed E-state index contributed by atoms with van der Waals surface area (Å²) < 4.78 is 10.6. The van der Waals surface area contributed by atoms with Gasteiger partial charge in [-0.25, -0.2) is 0 Å². The average molecular weight is 251 g/mol. The molecular formula is C12H17N3O3. The highest BCUT2D eigenvalue weighted by Crippen LogP contribution is 2.20. The predicted octanol–water partition coefficient (Wildman–Crippen LogP) is 1.22. The highest BCUT2D eigenvalue weighted by atomic mass is 16.5. The molecule has 0 bridgehead atoms. The van der Waals surface area contributed by atoms with Gasteiger partial charge in [-0.1, -0.05) is 0 Å². The van der Waals surface area contributed by atoms with E-state index in [1.54, 1.807) is 18.2 Å². The topological polar surface area (TPSA) is 93.5 Å². The van der Waals surface area contributed by atoms with Crippen LogP contribution in [0.4, 0.5) is 11.7 Å². The fraction of sp³-hybridized carbons (Fsp3) is 0.417. The standard InChI is InChI=1S/C12H17N3O3/c13-9-2-3-11-10(8-9)15-12(18-11)14-4-1-6-17-7-5-16/h2-3,8,16H,1,4-7,13H2,(H,14,15). The molecule has 1 aromatic heterocycles. The van der Waals surface area contributed by atoms with Crippen molar-refractivity contribution in [2.24, 2.45) is 0 Å². The van der Waals surface area contributed by atoms with Gasteiger partial charge in [0.2, 0.25) is 0 Å². The first-order valence-corrected chi connectivity index (χ1v) is 5.88. The van der Waals surface area contributed by atoms with Crippen LogP contribution in [0.15, 0.2) is 22.6 Å². The van der Waals surface area contributed by atoms with E-state index in [2.05, 4.69) is 10.3 Å². The summed E-state index contributed by atoms with van der Waals surface area (Å²) in [5.74, 6) is 0. The minimum Gasteiger partial charge on any atom is -0.424 e. The predicted molar refractivity (Wildman–Crippen MR) is 69.4 cm³/mol. The first kappa shape index (κ1) is 12.7. The van der Waals surface area contributed by atoms with Crippen LogP contribution in [0, 0.1) is 0 Å². The number of aliphatic hydroxyl groups excluding tert-OH is 1. The molecule has 1 aromatic carbocycles. The van der Waals surface area contributed by atoms with Gasteiger partial charge in [-0.2, -0.15) is 4.98 Å². The number of ether oxygens (including phenoxy) is 1. The van der Waals surface area contributed by atoms with E-state index in [0.29, 0.717) is 37.0 Å². The van der Waals surface area contributed by atoms with E-state index < -0.39 is 0 Å².